The number of rotatable bonds is 8. The Balaban J connectivity index is 1.26. The van der Waals surface area contributed by atoms with Crippen molar-refractivity contribution in [2.45, 2.75) is 0 Å². The number of nitrogens with zero attached hydrogens (tertiary/aromatic N) is 2. The summed E-state index contributed by atoms with van der Waals surface area (Å²) in [6.45, 7) is 2.95. The second-order valence-corrected chi connectivity index (χ2v) is 8.52. The Bertz CT molecular complexity index is 1220. The highest BCUT2D eigenvalue weighted by atomic mass is 35.5. The van der Waals surface area contributed by atoms with Crippen LogP contribution in [0.3, 0.4) is 0 Å². The first-order valence-corrected chi connectivity index (χ1v) is 11.9. The summed E-state index contributed by atoms with van der Waals surface area (Å²) in [6.07, 6.45) is 4.67. The molecule has 2 amide bonds. The fourth-order valence-corrected chi connectivity index (χ4v) is 3.87. The van der Waals surface area contributed by atoms with Gasteiger partial charge in [0, 0.05) is 30.9 Å². The number of morpholine rings is 1. The normalized spacial score (nSPS) is 13.5. The van der Waals surface area contributed by atoms with Crippen LogP contribution in [-0.4, -0.2) is 61.2 Å². The molecule has 0 aliphatic carbocycles. The standard InChI is InChI=1S/C27H27ClN4O4/c28-23-17-22(20-3-5-21(6-4-20)27(34)32-12-15-35-16-13-32)7-8-24(23)36-14-11-30-26(33)10-2-19-1-9-25(29)31-18-19/h1-10,17-18H,11-16H2,(H2,29,31)(H,30,33). The number of amides is 2. The minimum absolute atomic E-state index is 0.0106. The molecule has 1 aromatic heterocycles. The number of nitrogens with one attached hydrogen (secondary N) is 1. The fraction of sp³-hybridized carbons (Fsp3) is 0.222. The van der Waals surface area contributed by atoms with Crippen molar-refractivity contribution in [3.05, 3.63) is 83.0 Å². The SMILES string of the molecule is Nc1ccc(C=CC(=O)NCCOc2ccc(-c3ccc(C(=O)N4CCOCC4)cc3)cc2Cl)cn1. The van der Waals surface area contributed by atoms with Crippen molar-refractivity contribution in [3.8, 4) is 16.9 Å². The van der Waals surface area contributed by atoms with Gasteiger partial charge in [0.15, 0.2) is 0 Å². The molecule has 0 saturated carbocycles. The van der Waals surface area contributed by atoms with Crippen molar-refractivity contribution in [2.75, 3.05) is 45.2 Å². The second-order valence-electron chi connectivity index (χ2n) is 8.12. The van der Waals surface area contributed by atoms with E-state index in [1.165, 1.54) is 6.08 Å². The van der Waals surface area contributed by atoms with Gasteiger partial charge in [-0.05, 0) is 59.2 Å². The third kappa shape index (κ3) is 6.84. The van der Waals surface area contributed by atoms with Gasteiger partial charge in [0.25, 0.3) is 5.91 Å². The molecule has 2 aromatic carbocycles. The molecular weight excluding hydrogens is 480 g/mol. The van der Waals surface area contributed by atoms with Crippen molar-refractivity contribution >= 4 is 35.3 Å². The minimum Gasteiger partial charge on any atom is -0.490 e. The van der Waals surface area contributed by atoms with Crippen molar-refractivity contribution in [1.29, 1.82) is 0 Å². The Morgan fingerprint density at radius 3 is 2.53 bits per heavy atom. The van der Waals surface area contributed by atoms with Gasteiger partial charge in [-0.15, -0.1) is 0 Å². The van der Waals surface area contributed by atoms with E-state index in [0.717, 1.165) is 16.7 Å². The van der Waals surface area contributed by atoms with E-state index in [4.69, 9.17) is 26.8 Å². The van der Waals surface area contributed by atoms with Crippen LogP contribution < -0.4 is 15.8 Å². The highest BCUT2D eigenvalue weighted by molar-refractivity contribution is 6.32. The first kappa shape index (κ1) is 25.2. The molecule has 36 heavy (non-hydrogen) atoms. The predicted octanol–water partition coefficient (Wildman–Crippen LogP) is 3.67. The van der Waals surface area contributed by atoms with Crippen molar-refractivity contribution in [3.63, 3.8) is 0 Å². The number of aromatic nitrogens is 1. The summed E-state index contributed by atoms with van der Waals surface area (Å²) in [5.41, 5.74) is 8.82. The molecule has 0 bridgehead atoms. The highest BCUT2D eigenvalue weighted by Crippen LogP contribution is 2.30. The third-order valence-electron chi connectivity index (χ3n) is 5.59. The maximum absolute atomic E-state index is 12.6. The molecule has 0 unspecified atom stereocenters. The van der Waals surface area contributed by atoms with Crippen LogP contribution in [0, 0.1) is 0 Å². The zero-order chi connectivity index (χ0) is 25.3. The van der Waals surface area contributed by atoms with Crippen LogP contribution in [-0.2, 0) is 9.53 Å². The molecule has 4 rings (SSSR count). The van der Waals surface area contributed by atoms with Crippen molar-refractivity contribution in [1.82, 2.24) is 15.2 Å². The summed E-state index contributed by atoms with van der Waals surface area (Å²) in [6, 6.07) is 16.4. The van der Waals surface area contributed by atoms with Crippen LogP contribution in [0.1, 0.15) is 15.9 Å². The zero-order valence-electron chi connectivity index (χ0n) is 19.7. The molecule has 1 saturated heterocycles. The number of nitrogens with two attached hydrogens (primary N) is 1. The maximum Gasteiger partial charge on any atom is 0.254 e. The quantitative estimate of drug-likeness (QED) is 0.356. The molecule has 8 nitrogen and oxygen atoms in total. The largest absolute Gasteiger partial charge is 0.490 e. The van der Waals surface area contributed by atoms with E-state index < -0.39 is 0 Å². The number of carbonyl (C=O) groups is 2. The lowest BCUT2D eigenvalue weighted by Crippen LogP contribution is -2.40. The third-order valence-corrected chi connectivity index (χ3v) is 5.89. The molecule has 3 N–H and O–H groups in total. The maximum atomic E-state index is 12.6. The Morgan fingerprint density at radius 1 is 1.08 bits per heavy atom. The molecule has 1 aliphatic heterocycles. The van der Waals surface area contributed by atoms with Gasteiger partial charge < -0.3 is 25.4 Å². The van der Waals surface area contributed by atoms with Gasteiger partial charge >= 0.3 is 0 Å². The van der Waals surface area contributed by atoms with Gasteiger partial charge in [-0.2, -0.15) is 0 Å². The van der Waals surface area contributed by atoms with Gasteiger partial charge in [0.2, 0.25) is 5.91 Å². The van der Waals surface area contributed by atoms with E-state index in [2.05, 4.69) is 10.3 Å². The second kappa shape index (κ2) is 12.2. The van der Waals surface area contributed by atoms with E-state index >= 15 is 0 Å². The molecule has 1 aliphatic rings. The van der Waals surface area contributed by atoms with Crippen molar-refractivity contribution < 1.29 is 19.1 Å². The first-order valence-electron chi connectivity index (χ1n) is 11.6. The number of hydrogen-bond acceptors (Lipinski definition) is 6. The number of ether oxygens (including phenoxy) is 2. The number of carbonyl (C=O) groups excluding carboxylic acids is 2. The van der Waals surface area contributed by atoms with Crippen molar-refractivity contribution in [2.24, 2.45) is 0 Å². The number of nitrogen functional groups attached to an aromatic ring is 1. The van der Waals surface area contributed by atoms with Gasteiger partial charge in [0.1, 0.15) is 18.2 Å². The molecule has 0 radical (unpaired) electrons. The average Bonchev–Trinajstić information content (AvgIpc) is 2.91. The Hall–Kier alpha value is -3.88. The smallest absolute Gasteiger partial charge is 0.254 e. The molecule has 9 heteroatoms. The van der Waals surface area contributed by atoms with E-state index in [1.807, 2.05) is 36.4 Å². The summed E-state index contributed by atoms with van der Waals surface area (Å²) in [7, 11) is 0. The molecule has 1 fully saturated rings. The Kier molecular flexibility index (Phi) is 8.54. The van der Waals surface area contributed by atoms with Crippen LogP contribution in [0.2, 0.25) is 5.02 Å². The topological polar surface area (TPSA) is 107 Å². The van der Waals surface area contributed by atoms with Crippen LogP contribution >= 0.6 is 11.6 Å². The highest BCUT2D eigenvalue weighted by Gasteiger charge is 2.18. The Morgan fingerprint density at radius 2 is 1.83 bits per heavy atom. The summed E-state index contributed by atoms with van der Waals surface area (Å²) in [4.78, 5) is 30.4. The van der Waals surface area contributed by atoms with Crippen LogP contribution in [0.15, 0.2) is 66.9 Å². The number of anilines is 1. The minimum atomic E-state index is -0.243. The predicted molar refractivity (Wildman–Crippen MR) is 140 cm³/mol. The van der Waals surface area contributed by atoms with E-state index in [-0.39, 0.29) is 18.4 Å². The molecule has 2 heterocycles. The molecule has 3 aromatic rings. The Labute approximate surface area is 214 Å². The van der Waals surface area contributed by atoms with Gasteiger partial charge in [0.05, 0.1) is 24.8 Å². The van der Waals surface area contributed by atoms with Crippen LogP contribution in [0.25, 0.3) is 17.2 Å². The lowest BCUT2D eigenvalue weighted by molar-refractivity contribution is -0.116. The molecular formula is C27H27ClN4O4. The fourth-order valence-electron chi connectivity index (χ4n) is 3.63. The van der Waals surface area contributed by atoms with Crippen LogP contribution in [0.4, 0.5) is 5.82 Å². The monoisotopic (exact) mass is 506 g/mol. The van der Waals surface area contributed by atoms with Gasteiger partial charge in [-0.1, -0.05) is 29.8 Å². The number of pyridine rings is 1. The van der Waals surface area contributed by atoms with E-state index in [9.17, 15) is 9.59 Å². The zero-order valence-corrected chi connectivity index (χ0v) is 20.4. The lowest BCUT2D eigenvalue weighted by Gasteiger charge is -2.26. The molecule has 186 valence electrons. The number of halogens is 1. The summed E-state index contributed by atoms with van der Waals surface area (Å²) in [5.74, 6) is 0.718. The lowest BCUT2D eigenvalue weighted by atomic mass is 10.0. The number of hydrogen-bond donors (Lipinski definition) is 2. The van der Waals surface area contributed by atoms with Crippen LogP contribution in [0.5, 0.6) is 5.75 Å². The number of benzene rings is 2. The molecule has 0 spiro atoms. The van der Waals surface area contributed by atoms with Gasteiger partial charge in [-0.25, -0.2) is 4.98 Å². The summed E-state index contributed by atoms with van der Waals surface area (Å²) in [5, 5.41) is 3.21. The van der Waals surface area contributed by atoms with E-state index in [1.54, 1.807) is 35.4 Å². The van der Waals surface area contributed by atoms with Gasteiger partial charge in [-0.3, -0.25) is 9.59 Å². The first-order chi connectivity index (χ1) is 17.5. The molecule has 0 atom stereocenters. The summed E-state index contributed by atoms with van der Waals surface area (Å²) >= 11 is 6.42. The van der Waals surface area contributed by atoms with E-state index in [0.29, 0.717) is 55.0 Å². The summed E-state index contributed by atoms with van der Waals surface area (Å²) < 4.78 is 11.0. The average molecular weight is 507 g/mol.